The molecule has 0 spiro atoms. The fourth-order valence-corrected chi connectivity index (χ4v) is 4.42. The van der Waals surface area contributed by atoms with Crippen molar-refractivity contribution in [2.24, 2.45) is 5.41 Å². The number of benzene rings is 1. The molecular formula is C17H25NOS. The lowest BCUT2D eigenvalue weighted by atomic mass is 9.64. The van der Waals surface area contributed by atoms with Crippen molar-refractivity contribution in [1.29, 1.82) is 0 Å². The Labute approximate surface area is 126 Å². The van der Waals surface area contributed by atoms with Crippen molar-refractivity contribution >= 4 is 17.4 Å². The van der Waals surface area contributed by atoms with Crippen LogP contribution in [0.3, 0.4) is 0 Å². The van der Waals surface area contributed by atoms with E-state index in [0.717, 1.165) is 11.7 Å². The molecule has 2 saturated carbocycles. The highest BCUT2D eigenvalue weighted by atomic mass is 32.2. The van der Waals surface area contributed by atoms with E-state index in [1.807, 2.05) is 11.8 Å². The minimum Gasteiger partial charge on any atom is -0.392 e. The summed E-state index contributed by atoms with van der Waals surface area (Å²) in [5.41, 5.74) is 1.16. The monoisotopic (exact) mass is 291 g/mol. The van der Waals surface area contributed by atoms with Crippen LogP contribution in [0.2, 0.25) is 0 Å². The summed E-state index contributed by atoms with van der Waals surface area (Å²) in [6.45, 7) is 4.26. The summed E-state index contributed by atoms with van der Waals surface area (Å²) >= 11 is 2.03. The van der Waals surface area contributed by atoms with Crippen LogP contribution in [0.4, 0.5) is 5.69 Å². The number of aliphatic hydroxyl groups is 1. The second-order valence-corrected chi connectivity index (χ2v) is 8.19. The van der Waals surface area contributed by atoms with E-state index in [4.69, 9.17) is 0 Å². The normalized spacial score (nSPS) is 29.1. The molecule has 0 bridgehead atoms. The Kier molecular flexibility index (Phi) is 4.00. The first-order valence-corrected chi connectivity index (χ1v) is 8.65. The molecule has 2 atom stereocenters. The van der Waals surface area contributed by atoms with E-state index < -0.39 is 0 Å². The van der Waals surface area contributed by atoms with Crippen LogP contribution in [0.25, 0.3) is 0 Å². The number of hydrogen-bond acceptors (Lipinski definition) is 3. The van der Waals surface area contributed by atoms with Crippen LogP contribution in [0, 0.1) is 5.41 Å². The maximum Gasteiger partial charge on any atom is 0.0630 e. The van der Waals surface area contributed by atoms with Crippen LogP contribution in [-0.4, -0.2) is 22.5 Å². The molecule has 0 saturated heterocycles. The maximum atomic E-state index is 9.78. The lowest BCUT2D eigenvalue weighted by Crippen LogP contribution is -2.56. The van der Waals surface area contributed by atoms with E-state index in [0.29, 0.717) is 6.04 Å². The molecule has 110 valence electrons. The molecule has 2 N–H and O–H groups in total. The molecule has 2 aliphatic rings. The van der Waals surface area contributed by atoms with Gasteiger partial charge in [0.25, 0.3) is 0 Å². The first-order valence-electron chi connectivity index (χ1n) is 7.77. The molecule has 2 aliphatic carbocycles. The van der Waals surface area contributed by atoms with Crippen LogP contribution in [0.1, 0.15) is 46.0 Å². The van der Waals surface area contributed by atoms with Gasteiger partial charge in [-0.1, -0.05) is 26.7 Å². The SMILES string of the molecule is CC1(C)C(O)CC1Nc1ccc(SC2CCCC2)cc1. The molecule has 2 nitrogen and oxygen atoms in total. The maximum absolute atomic E-state index is 9.78. The van der Waals surface area contributed by atoms with Crippen molar-refractivity contribution in [2.75, 3.05) is 5.32 Å². The zero-order valence-corrected chi connectivity index (χ0v) is 13.2. The second-order valence-electron chi connectivity index (χ2n) is 6.82. The summed E-state index contributed by atoms with van der Waals surface area (Å²) < 4.78 is 0. The van der Waals surface area contributed by atoms with Crippen molar-refractivity contribution in [3.63, 3.8) is 0 Å². The molecule has 1 aromatic carbocycles. The Morgan fingerprint density at radius 1 is 1.15 bits per heavy atom. The van der Waals surface area contributed by atoms with Gasteiger partial charge in [-0.3, -0.25) is 0 Å². The van der Waals surface area contributed by atoms with Crippen molar-refractivity contribution < 1.29 is 5.11 Å². The minimum atomic E-state index is -0.169. The van der Waals surface area contributed by atoms with Crippen LogP contribution < -0.4 is 5.32 Å². The molecule has 0 amide bonds. The number of aliphatic hydroxyl groups excluding tert-OH is 1. The zero-order chi connectivity index (χ0) is 14.2. The standard InChI is InChI=1S/C17H25NOS/c1-17(2)15(11-16(17)19)18-12-7-9-14(10-8-12)20-13-5-3-4-6-13/h7-10,13,15-16,18-19H,3-6,11H2,1-2H3. The van der Waals surface area contributed by atoms with Crippen molar-refractivity contribution in [3.05, 3.63) is 24.3 Å². The molecule has 3 rings (SSSR count). The van der Waals surface area contributed by atoms with Gasteiger partial charge in [0.1, 0.15) is 0 Å². The van der Waals surface area contributed by atoms with Gasteiger partial charge in [0.05, 0.1) is 6.10 Å². The van der Waals surface area contributed by atoms with E-state index in [1.165, 1.54) is 36.3 Å². The molecule has 2 fully saturated rings. The van der Waals surface area contributed by atoms with Crippen LogP contribution in [0.15, 0.2) is 29.2 Å². The summed E-state index contributed by atoms with van der Waals surface area (Å²) in [6, 6.07) is 9.20. The van der Waals surface area contributed by atoms with E-state index in [9.17, 15) is 5.11 Å². The fraction of sp³-hybridized carbons (Fsp3) is 0.647. The van der Waals surface area contributed by atoms with Crippen LogP contribution in [-0.2, 0) is 0 Å². The highest BCUT2D eigenvalue weighted by Crippen LogP contribution is 2.42. The Bertz CT molecular complexity index is 451. The minimum absolute atomic E-state index is 0.0166. The molecular weight excluding hydrogens is 266 g/mol. The molecule has 2 unspecified atom stereocenters. The van der Waals surface area contributed by atoms with Gasteiger partial charge in [-0.05, 0) is 43.5 Å². The first kappa shape index (κ1) is 14.3. The number of hydrogen-bond donors (Lipinski definition) is 2. The Morgan fingerprint density at radius 3 is 2.35 bits per heavy atom. The van der Waals surface area contributed by atoms with Gasteiger partial charge in [0.2, 0.25) is 0 Å². The summed E-state index contributed by atoms with van der Waals surface area (Å²) in [5, 5.41) is 14.2. The molecule has 0 heterocycles. The smallest absolute Gasteiger partial charge is 0.0630 e. The average molecular weight is 291 g/mol. The fourth-order valence-electron chi connectivity index (χ4n) is 3.18. The van der Waals surface area contributed by atoms with E-state index >= 15 is 0 Å². The van der Waals surface area contributed by atoms with Crippen LogP contribution >= 0.6 is 11.8 Å². The van der Waals surface area contributed by atoms with Gasteiger partial charge in [-0.25, -0.2) is 0 Å². The zero-order valence-electron chi connectivity index (χ0n) is 12.4. The number of anilines is 1. The Balaban J connectivity index is 1.56. The van der Waals surface area contributed by atoms with E-state index in [1.54, 1.807) is 0 Å². The van der Waals surface area contributed by atoms with E-state index in [2.05, 4.69) is 43.4 Å². The molecule has 1 aromatic rings. The largest absolute Gasteiger partial charge is 0.392 e. The third-order valence-electron chi connectivity index (χ3n) is 5.02. The summed E-state index contributed by atoms with van der Waals surface area (Å²) in [7, 11) is 0. The second kappa shape index (κ2) is 5.61. The first-order chi connectivity index (χ1) is 9.55. The van der Waals surface area contributed by atoms with E-state index in [-0.39, 0.29) is 11.5 Å². The van der Waals surface area contributed by atoms with Crippen molar-refractivity contribution in [2.45, 2.75) is 68.2 Å². The molecule has 3 heteroatoms. The Morgan fingerprint density at radius 2 is 1.80 bits per heavy atom. The molecule has 0 aliphatic heterocycles. The summed E-state index contributed by atoms with van der Waals surface area (Å²) in [5.74, 6) is 0. The topological polar surface area (TPSA) is 32.3 Å². The Hall–Kier alpha value is -0.670. The van der Waals surface area contributed by atoms with Crippen molar-refractivity contribution in [1.82, 2.24) is 0 Å². The van der Waals surface area contributed by atoms with Gasteiger partial charge >= 0.3 is 0 Å². The number of thioether (sulfide) groups is 1. The summed E-state index contributed by atoms with van der Waals surface area (Å²) in [4.78, 5) is 1.38. The lowest BCUT2D eigenvalue weighted by molar-refractivity contribution is -0.0510. The average Bonchev–Trinajstić information content (AvgIpc) is 2.93. The number of rotatable bonds is 4. The molecule has 20 heavy (non-hydrogen) atoms. The lowest BCUT2D eigenvalue weighted by Gasteiger charge is -2.49. The summed E-state index contributed by atoms with van der Waals surface area (Å²) in [6.07, 6.45) is 6.23. The highest BCUT2D eigenvalue weighted by Gasteiger charge is 2.47. The molecule has 0 radical (unpaired) electrons. The van der Waals surface area contributed by atoms with Gasteiger partial charge < -0.3 is 10.4 Å². The predicted octanol–water partition coefficient (Wildman–Crippen LogP) is 4.29. The predicted molar refractivity (Wildman–Crippen MR) is 86.4 cm³/mol. The quantitative estimate of drug-likeness (QED) is 0.868. The number of nitrogens with one attached hydrogen (secondary N) is 1. The van der Waals surface area contributed by atoms with Gasteiger partial charge in [0, 0.05) is 27.3 Å². The van der Waals surface area contributed by atoms with Gasteiger partial charge in [-0.2, -0.15) is 0 Å². The highest BCUT2D eigenvalue weighted by molar-refractivity contribution is 8.00. The van der Waals surface area contributed by atoms with Crippen LogP contribution in [0.5, 0.6) is 0 Å². The van der Waals surface area contributed by atoms with Crippen molar-refractivity contribution in [3.8, 4) is 0 Å². The third-order valence-corrected chi connectivity index (χ3v) is 6.37. The third kappa shape index (κ3) is 2.84. The van der Waals surface area contributed by atoms with Gasteiger partial charge in [0.15, 0.2) is 0 Å². The van der Waals surface area contributed by atoms with Gasteiger partial charge in [-0.15, -0.1) is 11.8 Å². The molecule has 0 aromatic heterocycles.